The van der Waals surface area contributed by atoms with Gasteiger partial charge < -0.3 is 10.6 Å². The number of aryl methyl sites for hydroxylation is 1. The second kappa shape index (κ2) is 7.25. The molecule has 1 fully saturated rings. The van der Waals surface area contributed by atoms with E-state index in [0.29, 0.717) is 12.5 Å². The Kier molecular flexibility index (Phi) is 5.37. The van der Waals surface area contributed by atoms with Crippen LogP contribution < -0.4 is 10.6 Å². The standard InChI is InChI=1S/C17H24N2O2/c1-12-6-5-8-14(10-12)11-18-16(20)17(21)19-15-9-4-3-7-13(15)2/h5-6,8,10,13,15H,3-4,7,9,11H2,1-2H3,(H,18,20)(H,19,21)/t13-,15+/m0/s1. The molecular weight excluding hydrogens is 264 g/mol. The maximum atomic E-state index is 11.9. The van der Waals surface area contributed by atoms with E-state index in [1.54, 1.807) is 0 Å². The maximum Gasteiger partial charge on any atom is 0.309 e. The van der Waals surface area contributed by atoms with Crippen molar-refractivity contribution < 1.29 is 9.59 Å². The van der Waals surface area contributed by atoms with Gasteiger partial charge in [-0.05, 0) is 31.2 Å². The molecule has 0 spiro atoms. The number of hydrogen-bond acceptors (Lipinski definition) is 2. The Morgan fingerprint density at radius 2 is 1.95 bits per heavy atom. The highest BCUT2D eigenvalue weighted by Crippen LogP contribution is 2.23. The molecule has 1 aromatic carbocycles. The zero-order valence-electron chi connectivity index (χ0n) is 12.8. The molecule has 4 nitrogen and oxygen atoms in total. The van der Waals surface area contributed by atoms with Crippen LogP contribution in [-0.4, -0.2) is 17.9 Å². The van der Waals surface area contributed by atoms with E-state index in [-0.39, 0.29) is 6.04 Å². The summed E-state index contributed by atoms with van der Waals surface area (Å²) < 4.78 is 0. The third-order valence-electron chi connectivity index (χ3n) is 4.17. The minimum atomic E-state index is -0.547. The molecule has 1 aliphatic carbocycles. The van der Waals surface area contributed by atoms with Crippen molar-refractivity contribution in [2.45, 2.75) is 52.1 Å². The molecule has 0 aliphatic heterocycles. The summed E-state index contributed by atoms with van der Waals surface area (Å²) in [6.07, 6.45) is 4.43. The Balaban J connectivity index is 1.81. The summed E-state index contributed by atoms with van der Waals surface area (Å²) >= 11 is 0. The van der Waals surface area contributed by atoms with Crippen LogP contribution >= 0.6 is 0 Å². The van der Waals surface area contributed by atoms with Gasteiger partial charge in [0.1, 0.15) is 0 Å². The normalized spacial score (nSPS) is 21.6. The third kappa shape index (κ3) is 4.59. The molecule has 1 aliphatic rings. The molecule has 0 bridgehead atoms. The number of carbonyl (C=O) groups excluding carboxylic acids is 2. The second-order valence-corrected chi connectivity index (χ2v) is 6.01. The van der Waals surface area contributed by atoms with E-state index in [0.717, 1.165) is 30.4 Å². The number of rotatable bonds is 3. The summed E-state index contributed by atoms with van der Waals surface area (Å²) in [6.45, 7) is 4.52. The highest BCUT2D eigenvalue weighted by molar-refractivity contribution is 6.35. The van der Waals surface area contributed by atoms with Gasteiger partial charge in [0.2, 0.25) is 0 Å². The van der Waals surface area contributed by atoms with Gasteiger partial charge in [-0.1, -0.05) is 49.6 Å². The highest BCUT2D eigenvalue weighted by atomic mass is 16.2. The molecule has 2 atom stereocenters. The number of benzene rings is 1. The fourth-order valence-electron chi connectivity index (χ4n) is 2.85. The van der Waals surface area contributed by atoms with E-state index in [2.05, 4.69) is 17.6 Å². The fourth-order valence-corrected chi connectivity index (χ4v) is 2.85. The topological polar surface area (TPSA) is 58.2 Å². The third-order valence-corrected chi connectivity index (χ3v) is 4.17. The van der Waals surface area contributed by atoms with E-state index in [1.807, 2.05) is 31.2 Å². The molecule has 21 heavy (non-hydrogen) atoms. The van der Waals surface area contributed by atoms with Crippen molar-refractivity contribution in [3.63, 3.8) is 0 Å². The molecule has 0 heterocycles. The molecule has 0 radical (unpaired) electrons. The SMILES string of the molecule is Cc1cccc(CNC(=O)C(=O)N[C@@H]2CCCC[C@@H]2C)c1. The van der Waals surface area contributed by atoms with Crippen molar-refractivity contribution in [2.75, 3.05) is 0 Å². The van der Waals surface area contributed by atoms with Crippen LogP contribution in [-0.2, 0) is 16.1 Å². The predicted octanol–water partition coefficient (Wildman–Crippen LogP) is 2.31. The molecule has 0 aromatic heterocycles. The van der Waals surface area contributed by atoms with Gasteiger partial charge in [0, 0.05) is 12.6 Å². The number of nitrogens with one attached hydrogen (secondary N) is 2. The largest absolute Gasteiger partial charge is 0.345 e. The Hall–Kier alpha value is -1.84. The van der Waals surface area contributed by atoms with Crippen LogP contribution in [0.1, 0.15) is 43.7 Å². The highest BCUT2D eigenvalue weighted by Gasteiger charge is 2.25. The van der Waals surface area contributed by atoms with Crippen molar-refractivity contribution in [3.05, 3.63) is 35.4 Å². The average molecular weight is 288 g/mol. The van der Waals surface area contributed by atoms with Gasteiger partial charge in [-0.25, -0.2) is 0 Å². The van der Waals surface area contributed by atoms with Crippen molar-refractivity contribution in [3.8, 4) is 0 Å². The first-order valence-electron chi connectivity index (χ1n) is 7.70. The number of hydrogen-bond donors (Lipinski definition) is 2. The van der Waals surface area contributed by atoms with E-state index in [4.69, 9.17) is 0 Å². The molecule has 4 heteroatoms. The van der Waals surface area contributed by atoms with Gasteiger partial charge in [-0.3, -0.25) is 9.59 Å². The fraction of sp³-hybridized carbons (Fsp3) is 0.529. The van der Waals surface area contributed by atoms with Crippen molar-refractivity contribution in [2.24, 2.45) is 5.92 Å². The molecule has 1 aromatic rings. The van der Waals surface area contributed by atoms with Crippen molar-refractivity contribution >= 4 is 11.8 Å². The lowest BCUT2D eigenvalue weighted by Crippen LogP contribution is -2.47. The van der Waals surface area contributed by atoms with Crippen LogP contribution in [0.3, 0.4) is 0 Å². The molecular formula is C17H24N2O2. The Bertz CT molecular complexity index is 513. The van der Waals surface area contributed by atoms with Gasteiger partial charge in [0.25, 0.3) is 0 Å². The summed E-state index contributed by atoms with van der Waals surface area (Å²) in [5, 5.41) is 5.54. The zero-order valence-corrected chi connectivity index (χ0v) is 12.8. The zero-order chi connectivity index (χ0) is 15.2. The van der Waals surface area contributed by atoms with Crippen LogP contribution in [0, 0.1) is 12.8 Å². The van der Waals surface area contributed by atoms with Crippen LogP contribution in [0.15, 0.2) is 24.3 Å². The van der Waals surface area contributed by atoms with Gasteiger partial charge in [0.05, 0.1) is 0 Å². The summed E-state index contributed by atoms with van der Waals surface area (Å²) in [5.41, 5.74) is 2.14. The monoisotopic (exact) mass is 288 g/mol. The van der Waals surface area contributed by atoms with Crippen molar-refractivity contribution in [1.29, 1.82) is 0 Å². The molecule has 0 saturated heterocycles. The molecule has 2 amide bonds. The predicted molar refractivity (Wildman–Crippen MR) is 82.6 cm³/mol. The van der Waals surface area contributed by atoms with E-state index >= 15 is 0 Å². The molecule has 114 valence electrons. The Labute approximate surface area is 126 Å². The van der Waals surface area contributed by atoms with Gasteiger partial charge >= 0.3 is 11.8 Å². The maximum absolute atomic E-state index is 11.9. The first-order chi connectivity index (χ1) is 10.1. The number of amides is 2. The molecule has 2 rings (SSSR count). The minimum Gasteiger partial charge on any atom is -0.345 e. The molecule has 1 saturated carbocycles. The summed E-state index contributed by atoms with van der Waals surface area (Å²) in [4.78, 5) is 23.8. The molecule has 2 N–H and O–H groups in total. The molecule has 0 unspecified atom stereocenters. The van der Waals surface area contributed by atoms with Crippen LogP contribution in [0.2, 0.25) is 0 Å². The first kappa shape index (κ1) is 15.5. The van der Waals surface area contributed by atoms with Crippen LogP contribution in [0.25, 0.3) is 0 Å². The van der Waals surface area contributed by atoms with Gasteiger partial charge in [-0.2, -0.15) is 0 Å². The lowest BCUT2D eigenvalue weighted by Gasteiger charge is -2.29. The smallest absolute Gasteiger partial charge is 0.309 e. The summed E-state index contributed by atoms with van der Waals surface area (Å²) in [5.74, 6) is -0.608. The first-order valence-corrected chi connectivity index (χ1v) is 7.70. The quantitative estimate of drug-likeness (QED) is 0.839. The van der Waals surface area contributed by atoms with Crippen LogP contribution in [0.4, 0.5) is 0 Å². The van der Waals surface area contributed by atoms with E-state index in [9.17, 15) is 9.59 Å². The van der Waals surface area contributed by atoms with Crippen molar-refractivity contribution in [1.82, 2.24) is 10.6 Å². The average Bonchev–Trinajstić information content (AvgIpc) is 2.47. The summed E-state index contributed by atoms with van der Waals surface area (Å²) in [7, 11) is 0. The number of carbonyl (C=O) groups is 2. The Morgan fingerprint density at radius 3 is 2.67 bits per heavy atom. The lowest BCUT2D eigenvalue weighted by molar-refractivity contribution is -0.140. The summed E-state index contributed by atoms with van der Waals surface area (Å²) in [6, 6.07) is 8.02. The van der Waals surface area contributed by atoms with Crippen LogP contribution in [0.5, 0.6) is 0 Å². The van der Waals surface area contributed by atoms with E-state index in [1.165, 1.54) is 6.42 Å². The Morgan fingerprint density at radius 1 is 1.19 bits per heavy atom. The van der Waals surface area contributed by atoms with Gasteiger partial charge in [-0.15, -0.1) is 0 Å². The lowest BCUT2D eigenvalue weighted by atomic mass is 9.86. The second-order valence-electron chi connectivity index (χ2n) is 6.01. The van der Waals surface area contributed by atoms with Gasteiger partial charge in [0.15, 0.2) is 0 Å². The van der Waals surface area contributed by atoms with E-state index < -0.39 is 11.8 Å². The minimum absolute atomic E-state index is 0.135.